The molecular weight excluding hydrogens is 474 g/mol. The summed E-state index contributed by atoms with van der Waals surface area (Å²) in [6.45, 7) is 3.91. The molecule has 1 aliphatic rings. The minimum absolute atomic E-state index is 0. The zero-order valence-electron chi connectivity index (χ0n) is 16.1. The average Bonchev–Trinajstić information content (AvgIpc) is 2.71. The van der Waals surface area contributed by atoms with E-state index in [1.807, 2.05) is 12.1 Å². The van der Waals surface area contributed by atoms with Crippen molar-refractivity contribution in [2.24, 2.45) is 4.99 Å². The molecule has 0 saturated carbocycles. The summed E-state index contributed by atoms with van der Waals surface area (Å²) in [5.41, 5.74) is 1.93. The molecule has 152 valence electrons. The summed E-state index contributed by atoms with van der Waals surface area (Å²) < 4.78 is 18.7. The Balaban J connectivity index is 0.00000280. The van der Waals surface area contributed by atoms with Crippen LogP contribution in [0.2, 0.25) is 0 Å². The molecule has 2 aromatic rings. The van der Waals surface area contributed by atoms with Gasteiger partial charge in [-0.15, -0.1) is 24.0 Å². The highest BCUT2D eigenvalue weighted by atomic mass is 127. The van der Waals surface area contributed by atoms with E-state index >= 15 is 0 Å². The molecule has 2 aromatic carbocycles. The normalized spacial score (nSPS) is 14.5. The average molecular weight is 500 g/mol. The number of phenolic OH excluding ortho intramolecular Hbond substituents is 1. The lowest BCUT2D eigenvalue weighted by atomic mass is 10.2. The molecule has 2 N–H and O–H groups in total. The van der Waals surface area contributed by atoms with Crippen LogP contribution in [0.25, 0.3) is 0 Å². The second-order valence-electron chi connectivity index (χ2n) is 6.36. The van der Waals surface area contributed by atoms with Gasteiger partial charge in [-0.05, 0) is 42.0 Å². The van der Waals surface area contributed by atoms with Crippen molar-refractivity contribution >= 4 is 35.6 Å². The van der Waals surface area contributed by atoms with Crippen LogP contribution in [0, 0.1) is 5.82 Å². The summed E-state index contributed by atoms with van der Waals surface area (Å²) in [7, 11) is 3.41. The van der Waals surface area contributed by atoms with Crippen LogP contribution in [0.3, 0.4) is 0 Å². The fraction of sp³-hybridized carbons (Fsp3) is 0.350. The summed E-state index contributed by atoms with van der Waals surface area (Å²) in [5.74, 6) is 0.695. The van der Waals surface area contributed by atoms with E-state index in [1.54, 1.807) is 20.2 Å². The summed E-state index contributed by atoms with van der Waals surface area (Å²) in [6.07, 6.45) is 0. The number of anilines is 1. The van der Waals surface area contributed by atoms with E-state index in [-0.39, 0.29) is 29.7 Å². The lowest BCUT2D eigenvalue weighted by Crippen LogP contribution is -2.52. The maximum Gasteiger partial charge on any atom is 0.194 e. The monoisotopic (exact) mass is 500 g/mol. The first-order chi connectivity index (χ1) is 13.1. The fourth-order valence-electron chi connectivity index (χ4n) is 3.14. The largest absolute Gasteiger partial charge is 0.505 e. The molecule has 0 spiro atoms. The number of nitrogens with one attached hydrogen (secondary N) is 1. The van der Waals surface area contributed by atoms with Crippen molar-refractivity contribution in [1.82, 2.24) is 10.2 Å². The molecule has 8 heteroatoms. The molecule has 1 saturated heterocycles. The van der Waals surface area contributed by atoms with Gasteiger partial charge in [-0.3, -0.25) is 4.99 Å². The quantitative estimate of drug-likeness (QED) is 0.384. The molecular formula is C20H26FIN4O2. The maximum atomic E-state index is 13.5. The fourth-order valence-corrected chi connectivity index (χ4v) is 3.14. The van der Waals surface area contributed by atoms with Gasteiger partial charge in [0.25, 0.3) is 0 Å². The number of benzene rings is 2. The number of guanidine groups is 1. The number of aliphatic imine (C=N–C) groups is 1. The van der Waals surface area contributed by atoms with Crippen molar-refractivity contribution in [2.75, 3.05) is 45.2 Å². The molecule has 0 amide bonds. The van der Waals surface area contributed by atoms with Gasteiger partial charge in [-0.25, -0.2) is 4.39 Å². The van der Waals surface area contributed by atoms with Gasteiger partial charge < -0.3 is 25.0 Å². The molecule has 3 rings (SSSR count). The van der Waals surface area contributed by atoms with Crippen LogP contribution in [0.15, 0.2) is 47.5 Å². The first-order valence-electron chi connectivity index (χ1n) is 8.92. The standard InChI is InChI=1S/C20H25FN4O2.HI/c1-22-20(23-14-15-3-8-19(26)18(21)13-15)25-11-9-24(10-12-25)16-4-6-17(27-2)7-5-16;/h3-8,13,26H,9-12,14H2,1-2H3,(H,22,23);1H. The van der Waals surface area contributed by atoms with Crippen molar-refractivity contribution < 1.29 is 14.2 Å². The number of nitrogens with zero attached hydrogens (tertiary/aromatic N) is 3. The number of methoxy groups -OCH3 is 1. The number of halogens is 2. The Hall–Kier alpha value is -2.23. The topological polar surface area (TPSA) is 60.3 Å². The molecule has 0 aliphatic carbocycles. The number of piperazine rings is 1. The molecule has 0 unspecified atom stereocenters. The Kier molecular flexibility index (Phi) is 8.16. The van der Waals surface area contributed by atoms with Crippen LogP contribution in [-0.4, -0.2) is 56.3 Å². The predicted molar refractivity (Wildman–Crippen MR) is 120 cm³/mol. The summed E-state index contributed by atoms with van der Waals surface area (Å²) in [6, 6.07) is 12.5. The molecule has 1 aliphatic heterocycles. The van der Waals surface area contributed by atoms with Crippen LogP contribution in [0.1, 0.15) is 5.56 Å². The summed E-state index contributed by atoms with van der Waals surface area (Å²) in [4.78, 5) is 8.86. The molecule has 0 radical (unpaired) electrons. The highest BCUT2D eigenvalue weighted by Gasteiger charge is 2.20. The van der Waals surface area contributed by atoms with E-state index in [0.717, 1.165) is 43.5 Å². The minimum atomic E-state index is -0.614. The van der Waals surface area contributed by atoms with Gasteiger partial charge in [-0.2, -0.15) is 0 Å². The van der Waals surface area contributed by atoms with Crippen molar-refractivity contribution in [3.63, 3.8) is 0 Å². The number of rotatable bonds is 4. The van der Waals surface area contributed by atoms with Crippen molar-refractivity contribution in [3.8, 4) is 11.5 Å². The van der Waals surface area contributed by atoms with Gasteiger partial charge >= 0.3 is 0 Å². The third-order valence-corrected chi connectivity index (χ3v) is 4.69. The van der Waals surface area contributed by atoms with Gasteiger partial charge in [0.1, 0.15) is 5.75 Å². The first kappa shape index (κ1) is 22.1. The molecule has 1 fully saturated rings. The Morgan fingerprint density at radius 1 is 1.14 bits per heavy atom. The van der Waals surface area contributed by atoms with Gasteiger partial charge in [0.05, 0.1) is 7.11 Å². The molecule has 6 nitrogen and oxygen atoms in total. The van der Waals surface area contributed by atoms with Gasteiger partial charge in [0.2, 0.25) is 0 Å². The molecule has 0 bridgehead atoms. The number of phenols is 1. The van der Waals surface area contributed by atoms with Crippen molar-refractivity contribution in [3.05, 3.63) is 53.8 Å². The Bertz CT molecular complexity index is 793. The lowest BCUT2D eigenvalue weighted by molar-refractivity contribution is 0.372. The van der Waals surface area contributed by atoms with Crippen LogP contribution in [0.4, 0.5) is 10.1 Å². The van der Waals surface area contributed by atoms with Gasteiger partial charge in [0.15, 0.2) is 17.5 Å². The van der Waals surface area contributed by atoms with Gasteiger partial charge in [-0.1, -0.05) is 6.07 Å². The van der Waals surface area contributed by atoms with E-state index in [1.165, 1.54) is 17.8 Å². The zero-order valence-corrected chi connectivity index (χ0v) is 18.4. The highest BCUT2D eigenvalue weighted by molar-refractivity contribution is 14.0. The Labute approximate surface area is 182 Å². The van der Waals surface area contributed by atoms with E-state index in [2.05, 4.69) is 32.2 Å². The molecule has 0 atom stereocenters. The predicted octanol–water partition coefficient (Wildman–Crippen LogP) is 3.06. The molecule has 0 aromatic heterocycles. The SMILES string of the molecule is CN=C(NCc1ccc(O)c(F)c1)N1CCN(c2ccc(OC)cc2)CC1.I. The number of ether oxygens (including phenoxy) is 1. The highest BCUT2D eigenvalue weighted by Crippen LogP contribution is 2.20. The second-order valence-corrected chi connectivity index (χ2v) is 6.36. The second kappa shape index (κ2) is 10.4. The van der Waals surface area contributed by atoms with Crippen LogP contribution >= 0.6 is 24.0 Å². The van der Waals surface area contributed by atoms with E-state index < -0.39 is 5.82 Å². The van der Waals surface area contributed by atoms with Crippen LogP contribution in [-0.2, 0) is 6.54 Å². The van der Waals surface area contributed by atoms with Gasteiger partial charge in [0, 0.05) is 45.5 Å². The van der Waals surface area contributed by atoms with Crippen LogP contribution < -0.4 is 15.0 Å². The zero-order chi connectivity index (χ0) is 19.2. The minimum Gasteiger partial charge on any atom is -0.505 e. The van der Waals surface area contributed by atoms with E-state index in [9.17, 15) is 9.50 Å². The third-order valence-electron chi connectivity index (χ3n) is 4.69. The first-order valence-corrected chi connectivity index (χ1v) is 8.92. The third kappa shape index (κ3) is 5.40. The number of hydrogen-bond acceptors (Lipinski definition) is 4. The van der Waals surface area contributed by atoms with E-state index in [4.69, 9.17) is 4.74 Å². The Morgan fingerprint density at radius 2 is 1.82 bits per heavy atom. The molecule has 1 heterocycles. The summed E-state index contributed by atoms with van der Waals surface area (Å²) in [5, 5.41) is 12.5. The molecule has 28 heavy (non-hydrogen) atoms. The lowest BCUT2D eigenvalue weighted by Gasteiger charge is -2.37. The van der Waals surface area contributed by atoms with Crippen molar-refractivity contribution in [2.45, 2.75) is 6.54 Å². The smallest absolute Gasteiger partial charge is 0.194 e. The van der Waals surface area contributed by atoms with Crippen molar-refractivity contribution in [1.29, 1.82) is 0 Å². The van der Waals surface area contributed by atoms with Crippen LogP contribution in [0.5, 0.6) is 11.5 Å². The maximum absolute atomic E-state index is 13.5. The summed E-state index contributed by atoms with van der Waals surface area (Å²) >= 11 is 0. The number of hydrogen-bond donors (Lipinski definition) is 2. The van der Waals surface area contributed by atoms with E-state index in [0.29, 0.717) is 6.54 Å². The number of aromatic hydroxyl groups is 1. The Morgan fingerprint density at radius 3 is 2.39 bits per heavy atom.